The molecule has 0 saturated carbocycles. The first-order valence-electron chi connectivity index (χ1n) is 21.1. The van der Waals surface area contributed by atoms with Gasteiger partial charge in [-0.3, -0.25) is 0 Å². The van der Waals surface area contributed by atoms with E-state index in [1.54, 1.807) is 0 Å². The Morgan fingerprint density at radius 3 is 1.78 bits per heavy atom. The third kappa shape index (κ3) is 7.97. The number of aryl methyl sites for hydroxylation is 1. The van der Waals surface area contributed by atoms with Crippen molar-refractivity contribution in [3.63, 3.8) is 0 Å². The molecule has 0 bridgehead atoms. The van der Waals surface area contributed by atoms with Crippen molar-refractivity contribution in [3.8, 4) is 11.1 Å². The summed E-state index contributed by atoms with van der Waals surface area (Å²) < 4.78 is 1.33. The van der Waals surface area contributed by atoms with E-state index in [4.69, 9.17) is 11.6 Å². The van der Waals surface area contributed by atoms with Crippen LogP contribution in [0.2, 0.25) is 5.02 Å². The quantitative estimate of drug-likeness (QED) is 0.158. The Balaban J connectivity index is 1.42. The van der Waals surface area contributed by atoms with Gasteiger partial charge in [0.2, 0.25) is 0 Å². The fourth-order valence-corrected chi connectivity index (χ4v) is 10.0. The van der Waals surface area contributed by atoms with Gasteiger partial charge in [0.15, 0.2) is 0 Å². The molecule has 1 aliphatic rings. The zero-order valence-corrected chi connectivity index (χ0v) is 38.4. The predicted molar refractivity (Wildman–Crippen MR) is 259 cm³/mol. The minimum absolute atomic E-state index is 0.0179. The Morgan fingerprint density at radius 2 is 1.15 bits per heavy atom. The first kappa shape index (κ1) is 40.9. The lowest BCUT2D eigenvalue weighted by molar-refractivity contribution is 0.332. The third-order valence-corrected chi connectivity index (χ3v) is 13.7. The van der Waals surface area contributed by atoms with E-state index in [1.807, 2.05) is 23.5 Å². The largest absolute Gasteiger partial charge is 0.310 e. The monoisotopic (exact) mass is 814 g/mol. The lowest BCUT2D eigenvalue weighted by Gasteiger charge is -2.42. The highest BCUT2D eigenvalue weighted by Gasteiger charge is 2.38. The van der Waals surface area contributed by atoms with Gasteiger partial charge in [-0.05, 0) is 148 Å². The van der Waals surface area contributed by atoms with Crippen molar-refractivity contribution < 1.29 is 0 Å². The number of hydrogen-bond donors (Lipinski definition) is 0. The lowest BCUT2D eigenvalue weighted by Crippen LogP contribution is -2.33. The minimum atomic E-state index is -0.0179. The van der Waals surface area contributed by atoms with Crippen molar-refractivity contribution in [2.24, 2.45) is 0 Å². The molecular weight excluding hydrogens is 756 g/mol. The molecular formula is C55H59ClN2S. The van der Waals surface area contributed by atoms with Crippen LogP contribution in [0.3, 0.4) is 0 Å². The van der Waals surface area contributed by atoms with Gasteiger partial charge in [0.25, 0.3) is 0 Å². The molecule has 1 aromatic heterocycles. The summed E-state index contributed by atoms with van der Waals surface area (Å²) >= 11 is 8.60. The van der Waals surface area contributed by atoms with Gasteiger partial charge in [0.05, 0.1) is 11.4 Å². The van der Waals surface area contributed by atoms with E-state index < -0.39 is 0 Å². The molecule has 1 heterocycles. The second-order valence-electron chi connectivity index (χ2n) is 20.1. The third-order valence-electron chi connectivity index (χ3n) is 12.6. The van der Waals surface area contributed by atoms with E-state index >= 15 is 0 Å². The molecule has 0 aliphatic heterocycles. The van der Waals surface area contributed by atoms with Crippen molar-refractivity contribution >= 4 is 67.1 Å². The molecule has 0 radical (unpaired) electrons. The van der Waals surface area contributed by atoms with Gasteiger partial charge in [0.1, 0.15) is 0 Å². The average Bonchev–Trinajstić information content (AvgIpc) is 3.59. The van der Waals surface area contributed by atoms with E-state index in [0.29, 0.717) is 5.02 Å². The maximum absolute atomic E-state index is 6.74. The molecule has 0 spiro atoms. The van der Waals surface area contributed by atoms with Crippen molar-refractivity contribution in [3.05, 3.63) is 166 Å². The summed E-state index contributed by atoms with van der Waals surface area (Å²) in [5, 5.41) is 4.40. The van der Waals surface area contributed by atoms with Gasteiger partial charge in [-0.2, -0.15) is 0 Å². The van der Waals surface area contributed by atoms with Gasteiger partial charge in [-0.1, -0.05) is 135 Å². The van der Waals surface area contributed by atoms with E-state index in [2.05, 4.69) is 207 Å². The van der Waals surface area contributed by atoms with E-state index in [1.165, 1.54) is 67.6 Å². The zero-order valence-electron chi connectivity index (χ0n) is 36.8. The highest BCUT2D eigenvalue weighted by Crippen LogP contribution is 2.52. The zero-order chi connectivity index (χ0) is 42.1. The van der Waals surface area contributed by atoms with Crippen LogP contribution >= 0.6 is 22.9 Å². The van der Waals surface area contributed by atoms with Gasteiger partial charge in [-0.15, -0.1) is 11.3 Å². The van der Waals surface area contributed by atoms with E-state index in [-0.39, 0.29) is 21.7 Å². The number of benzene rings is 6. The molecule has 6 aromatic carbocycles. The molecule has 4 heteroatoms. The fraction of sp³-hybridized carbons (Fsp3) is 0.309. The molecule has 302 valence electrons. The Kier molecular flexibility index (Phi) is 10.4. The molecule has 2 nitrogen and oxygen atoms in total. The maximum Gasteiger partial charge on any atom is 0.0647 e. The second-order valence-corrected chi connectivity index (χ2v) is 21.5. The summed E-state index contributed by atoms with van der Waals surface area (Å²) in [6.07, 6.45) is 2.36. The molecule has 7 aromatic rings. The molecule has 0 unspecified atom stereocenters. The summed E-state index contributed by atoms with van der Waals surface area (Å²) in [4.78, 5) is 4.89. The Bertz CT molecular complexity index is 2650. The van der Waals surface area contributed by atoms with Crippen molar-refractivity contribution in [2.75, 3.05) is 9.80 Å². The number of thiophene rings is 1. The van der Waals surface area contributed by atoms with Crippen molar-refractivity contribution in [1.29, 1.82) is 0 Å². The van der Waals surface area contributed by atoms with Crippen LogP contribution in [0.25, 0.3) is 21.2 Å². The van der Waals surface area contributed by atoms with Crippen LogP contribution in [0.1, 0.15) is 110 Å². The topological polar surface area (TPSA) is 6.48 Å². The molecule has 1 aliphatic carbocycles. The van der Waals surface area contributed by atoms with Gasteiger partial charge >= 0.3 is 0 Å². The standard InChI is InChI=1S/C55H59ClN2S/c1-36-28-43(57(42-19-15-18-40(56)31-42)41-23-20-38(21-24-41)52(2,3)4)32-44(29-36)58(49-25-22-39(53(5,6)7)30-45(49)37-16-13-12-14-17-37)50-35-59-51-34-48-47(33-46(50)51)54(8,9)26-27-55(48,10)11/h12-25,28-35H,26-27H2,1-11H3. The number of anilines is 6. The molecule has 0 N–H and O–H groups in total. The van der Waals surface area contributed by atoms with Gasteiger partial charge in [-0.25, -0.2) is 0 Å². The van der Waals surface area contributed by atoms with E-state index in [9.17, 15) is 0 Å². The number of fused-ring (bicyclic) bond motifs is 2. The predicted octanol–water partition coefficient (Wildman–Crippen LogP) is 17.4. The fourth-order valence-electron chi connectivity index (χ4n) is 8.88. The number of hydrogen-bond acceptors (Lipinski definition) is 3. The average molecular weight is 816 g/mol. The maximum atomic E-state index is 6.74. The van der Waals surface area contributed by atoms with Crippen LogP contribution in [0.15, 0.2) is 133 Å². The number of rotatable bonds is 7. The SMILES string of the molecule is Cc1cc(N(c2ccc(C(C)(C)C)cc2)c2cccc(Cl)c2)cc(N(c2ccc(C(C)(C)C)cc2-c2ccccc2)c2csc3cc4c(cc23)C(C)(C)CCC4(C)C)c1. The molecule has 0 amide bonds. The van der Waals surface area contributed by atoms with E-state index in [0.717, 1.165) is 28.4 Å². The van der Waals surface area contributed by atoms with Crippen molar-refractivity contribution in [2.45, 2.75) is 111 Å². The second kappa shape index (κ2) is 15.0. The summed E-state index contributed by atoms with van der Waals surface area (Å²) in [5.41, 5.74) is 16.0. The Hall–Kier alpha value is -4.83. The summed E-state index contributed by atoms with van der Waals surface area (Å²) in [7, 11) is 0. The summed E-state index contributed by atoms with van der Waals surface area (Å²) in [5.74, 6) is 0. The smallest absolute Gasteiger partial charge is 0.0647 e. The highest BCUT2D eigenvalue weighted by atomic mass is 35.5. The molecule has 59 heavy (non-hydrogen) atoms. The van der Waals surface area contributed by atoms with Gasteiger partial charge in [0, 0.05) is 48.8 Å². The van der Waals surface area contributed by atoms with Crippen molar-refractivity contribution in [1.82, 2.24) is 0 Å². The lowest BCUT2D eigenvalue weighted by atomic mass is 9.63. The van der Waals surface area contributed by atoms with Crippen LogP contribution in [-0.4, -0.2) is 0 Å². The highest BCUT2D eigenvalue weighted by molar-refractivity contribution is 7.17. The Labute approximate surface area is 362 Å². The molecule has 0 atom stereocenters. The first-order chi connectivity index (χ1) is 27.8. The van der Waals surface area contributed by atoms with Gasteiger partial charge < -0.3 is 9.80 Å². The number of nitrogens with zero attached hydrogens (tertiary/aromatic N) is 2. The summed E-state index contributed by atoms with van der Waals surface area (Å²) in [6.45, 7) is 25.6. The van der Waals surface area contributed by atoms with Crippen LogP contribution in [-0.2, 0) is 21.7 Å². The normalized spacial score (nSPS) is 14.9. The number of halogens is 1. The first-order valence-corrected chi connectivity index (χ1v) is 22.4. The Morgan fingerprint density at radius 1 is 0.542 bits per heavy atom. The molecule has 8 rings (SSSR count). The molecule has 0 saturated heterocycles. The van der Waals surface area contributed by atoms with Crippen LogP contribution in [0.5, 0.6) is 0 Å². The van der Waals surface area contributed by atoms with Crippen LogP contribution < -0.4 is 9.80 Å². The molecule has 0 fully saturated rings. The van der Waals surface area contributed by atoms with Crippen LogP contribution in [0.4, 0.5) is 34.1 Å². The minimum Gasteiger partial charge on any atom is -0.310 e. The van der Waals surface area contributed by atoms with Crippen LogP contribution in [0, 0.1) is 6.92 Å². The summed E-state index contributed by atoms with van der Waals surface area (Å²) in [6, 6.07) is 47.4.